The minimum Gasteiger partial charge on any atom is -0.394 e. The summed E-state index contributed by atoms with van der Waals surface area (Å²) in [6.45, 7) is 2.02. The average molecular weight is 370 g/mol. The number of hydrogen-bond donors (Lipinski definition) is 4. The van der Waals surface area contributed by atoms with Gasteiger partial charge < -0.3 is 22.2 Å². The van der Waals surface area contributed by atoms with Crippen LogP contribution < -0.4 is 22.1 Å². The number of benzene rings is 1. The van der Waals surface area contributed by atoms with Gasteiger partial charge >= 0.3 is 4.87 Å². The van der Waals surface area contributed by atoms with Crippen LogP contribution in [0, 0.1) is 0 Å². The number of carbonyl (C=O) groups is 1. The maximum absolute atomic E-state index is 11.5. The third-order valence-electron chi connectivity index (χ3n) is 3.98. The van der Waals surface area contributed by atoms with Gasteiger partial charge in [0.1, 0.15) is 5.82 Å². The van der Waals surface area contributed by atoms with Crippen molar-refractivity contribution in [3.63, 3.8) is 0 Å². The zero-order valence-electron chi connectivity index (χ0n) is 14.0. The lowest BCUT2D eigenvalue weighted by Gasteiger charge is -2.09. The Morgan fingerprint density at radius 1 is 1.27 bits per heavy atom. The predicted octanol–water partition coefficient (Wildman–Crippen LogP) is 1.02. The molecule has 134 valence electrons. The fraction of sp³-hybridized carbons (Fsp3) is 0.118. The predicted molar refractivity (Wildman–Crippen MR) is 102 cm³/mol. The van der Waals surface area contributed by atoms with Crippen LogP contribution in [0.2, 0.25) is 0 Å². The zero-order chi connectivity index (χ0) is 18.8. The Kier molecular flexibility index (Phi) is 4.63. The number of fused-ring (bicyclic) bond motifs is 1. The van der Waals surface area contributed by atoms with Gasteiger partial charge in [-0.2, -0.15) is 5.10 Å². The van der Waals surface area contributed by atoms with E-state index < -0.39 is 5.91 Å². The van der Waals surface area contributed by atoms with E-state index in [0.29, 0.717) is 5.82 Å². The average Bonchev–Trinajstić information content (AvgIpc) is 3.23. The van der Waals surface area contributed by atoms with Gasteiger partial charge in [0.25, 0.3) is 5.91 Å². The number of allylic oxidation sites excluding steroid dienone is 2. The highest BCUT2D eigenvalue weighted by Gasteiger charge is 2.13. The van der Waals surface area contributed by atoms with Crippen LogP contribution in [0.25, 0.3) is 16.0 Å². The molecule has 2 aromatic heterocycles. The van der Waals surface area contributed by atoms with E-state index in [9.17, 15) is 9.59 Å². The van der Waals surface area contributed by atoms with Gasteiger partial charge in [-0.15, -0.1) is 0 Å². The molecule has 9 heteroatoms. The van der Waals surface area contributed by atoms with Crippen LogP contribution >= 0.6 is 11.3 Å². The Hall–Kier alpha value is -3.33. The number of rotatable bonds is 5. The fourth-order valence-electron chi connectivity index (χ4n) is 2.45. The molecule has 0 aliphatic rings. The second-order valence-corrected chi connectivity index (χ2v) is 6.77. The first-order chi connectivity index (χ1) is 12.3. The van der Waals surface area contributed by atoms with Crippen molar-refractivity contribution in [1.29, 1.82) is 0 Å². The molecule has 3 rings (SSSR count). The van der Waals surface area contributed by atoms with Gasteiger partial charge in [0, 0.05) is 12.1 Å². The summed E-state index contributed by atoms with van der Waals surface area (Å²) >= 11 is 1.18. The zero-order valence-corrected chi connectivity index (χ0v) is 14.8. The number of nitrogens with one attached hydrogen (secondary N) is 1. The maximum atomic E-state index is 11.5. The van der Waals surface area contributed by atoms with Gasteiger partial charge in [0.2, 0.25) is 0 Å². The minimum atomic E-state index is -0.716. The van der Waals surface area contributed by atoms with Crippen molar-refractivity contribution in [2.24, 2.45) is 17.2 Å². The summed E-state index contributed by atoms with van der Waals surface area (Å²) in [4.78, 5) is 25.1. The third-order valence-corrected chi connectivity index (χ3v) is 4.83. The number of nitrogens with zero attached hydrogens (tertiary/aromatic N) is 2. The summed E-state index contributed by atoms with van der Waals surface area (Å²) in [5, 5.41) is 4.47. The number of aromatic amines is 1. The highest BCUT2D eigenvalue weighted by Crippen LogP contribution is 2.26. The largest absolute Gasteiger partial charge is 0.394 e. The van der Waals surface area contributed by atoms with Crippen LogP contribution in [-0.4, -0.2) is 20.7 Å². The van der Waals surface area contributed by atoms with Crippen molar-refractivity contribution in [3.8, 4) is 0 Å². The first-order valence-corrected chi connectivity index (χ1v) is 8.58. The van der Waals surface area contributed by atoms with Crippen molar-refractivity contribution in [1.82, 2.24) is 14.8 Å². The van der Waals surface area contributed by atoms with Crippen LogP contribution in [0.4, 0.5) is 0 Å². The lowest BCUT2D eigenvalue weighted by atomic mass is 9.98. The second-order valence-electron chi connectivity index (χ2n) is 5.75. The molecule has 1 amide bonds. The van der Waals surface area contributed by atoms with Crippen LogP contribution in [0.15, 0.2) is 53.1 Å². The quantitative estimate of drug-likeness (QED) is 0.391. The molecule has 0 bridgehead atoms. The lowest BCUT2D eigenvalue weighted by molar-refractivity contribution is -0.114. The molecule has 0 aliphatic heterocycles. The molecular formula is C17H18N6O2S. The summed E-state index contributed by atoms with van der Waals surface area (Å²) in [6.07, 6.45) is 4.52. The van der Waals surface area contributed by atoms with E-state index in [1.54, 1.807) is 6.20 Å². The van der Waals surface area contributed by atoms with Crippen molar-refractivity contribution in [2.75, 3.05) is 0 Å². The molecule has 1 unspecified atom stereocenters. The minimum absolute atomic E-state index is 0.0110. The lowest BCUT2D eigenvalue weighted by Crippen LogP contribution is -2.19. The topological polar surface area (TPSA) is 146 Å². The van der Waals surface area contributed by atoms with Crippen LogP contribution in [0.1, 0.15) is 24.1 Å². The first kappa shape index (κ1) is 17.5. The Labute approximate surface area is 152 Å². The summed E-state index contributed by atoms with van der Waals surface area (Å²) in [5.74, 6) is -0.407. The molecule has 0 fully saturated rings. The Morgan fingerprint density at radius 2 is 2.04 bits per heavy atom. The van der Waals surface area contributed by atoms with Crippen LogP contribution in [0.3, 0.4) is 0 Å². The second kappa shape index (κ2) is 6.89. The number of amides is 1. The molecule has 0 saturated carbocycles. The van der Waals surface area contributed by atoms with E-state index in [4.69, 9.17) is 17.2 Å². The summed E-state index contributed by atoms with van der Waals surface area (Å²) in [5.41, 5.74) is 19.1. The molecule has 0 spiro atoms. The first-order valence-electron chi connectivity index (χ1n) is 7.76. The van der Waals surface area contributed by atoms with Gasteiger partial charge in [-0.05, 0) is 35.9 Å². The summed E-state index contributed by atoms with van der Waals surface area (Å²) in [7, 11) is 0. The van der Waals surface area contributed by atoms with Gasteiger partial charge in [0.15, 0.2) is 0 Å². The monoisotopic (exact) mass is 370 g/mol. The Balaban J connectivity index is 1.85. The van der Waals surface area contributed by atoms with E-state index >= 15 is 0 Å². The van der Waals surface area contributed by atoms with Crippen molar-refractivity contribution in [2.45, 2.75) is 12.8 Å². The van der Waals surface area contributed by atoms with Crippen molar-refractivity contribution < 1.29 is 4.79 Å². The van der Waals surface area contributed by atoms with E-state index in [2.05, 4.69) is 10.1 Å². The molecular weight excluding hydrogens is 352 g/mol. The molecule has 26 heavy (non-hydrogen) atoms. The Bertz CT molecular complexity index is 1090. The van der Waals surface area contributed by atoms with Gasteiger partial charge in [-0.25, -0.2) is 4.68 Å². The smallest absolute Gasteiger partial charge is 0.305 e. The molecule has 7 N–H and O–H groups in total. The SMILES string of the molecule is CC(c1ccc2[nH]c(=O)sc2c1)c1ccn(/C(N)=C/C=C(\N)C(N)=O)n1. The molecule has 2 heterocycles. The van der Waals surface area contributed by atoms with Gasteiger partial charge in [-0.1, -0.05) is 24.3 Å². The summed E-state index contributed by atoms with van der Waals surface area (Å²) in [6, 6.07) is 7.69. The van der Waals surface area contributed by atoms with Crippen LogP contribution in [0.5, 0.6) is 0 Å². The molecule has 1 atom stereocenters. The molecule has 0 radical (unpaired) electrons. The van der Waals surface area contributed by atoms with Crippen molar-refractivity contribution in [3.05, 3.63) is 69.2 Å². The van der Waals surface area contributed by atoms with Crippen molar-refractivity contribution >= 4 is 33.3 Å². The molecule has 0 aliphatic carbocycles. The number of nitrogens with two attached hydrogens (primary N) is 3. The highest BCUT2D eigenvalue weighted by atomic mass is 32.1. The van der Waals surface area contributed by atoms with Gasteiger partial charge in [0.05, 0.1) is 21.6 Å². The molecule has 8 nitrogen and oxygen atoms in total. The number of aromatic nitrogens is 3. The highest BCUT2D eigenvalue weighted by molar-refractivity contribution is 7.16. The summed E-state index contributed by atoms with van der Waals surface area (Å²) < 4.78 is 2.40. The van der Waals surface area contributed by atoms with E-state index in [1.807, 2.05) is 31.2 Å². The maximum Gasteiger partial charge on any atom is 0.305 e. The molecule has 3 aromatic rings. The van der Waals surface area contributed by atoms with Gasteiger partial charge in [-0.3, -0.25) is 9.59 Å². The van der Waals surface area contributed by atoms with E-state index in [-0.39, 0.29) is 16.5 Å². The van der Waals surface area contributed by atoms with E-state index in [0.717, 1.165) is 21.5 Å². The van der Waals surface area contributed by atoms with E-state index in [1.165, 1.54) is 28.2 Å². The Morgan fingerprint density at radius 3 is 2.77 bits per heavy atom. The number of carbonyl (C=O) groups excluding carboxylic acids is 1. The number of thiazole rings is 1. The number of hydrogen-bond acceptors (Lipinski definition) is 6. The molecule has 0 saturated heterocycles. The third kappa shape index (κ3) is 3.52. The number of H-pyrrole nitrogens is 1. The number of primary amides is 1. The molecule has 1 aromatic carbocycles. The normalized spacial score (nSPS) is 13.9. The standard InChI is InChI=1S/C17H18N6O2S/c1-9(10-2-4-13-14(8-10)26-17(25)21-13)12-6-7-23(22-12)15(19)5-3-11(18)16(20)24/h2-9H,18-19H2,1H3,(H2,20,24)(H,21,25)/b11-3-,15-5+. The fourth-order valence-corrected chi connectivity index (χ4v) is 3.23. The van der Waals surface area contributed by atoms with Crippen LogP contribution in [-0.2, 0) is 4.79 Å².